The van der Waals surface area contributed by atoms with Gasteiger partial charge in [-0.2, -0.15) is 0 Å². The molecule has 0 saturated carbocycles. The van der Waals surface area contributed by atoms with Crippen molar-refractivity contribution in [1.29, 1.82) is 0 Å². The first-order valence-corrected chi connectivity index (χ1v) is 11.1. The van der Waals surface area contributed by atoms with Crippen molar-refractivity contribution in [1.82, 2.24) is 9.80 Å². The summed E-state index contributed by atoms with van der Waals surface area (Å²) in [6.07, 6.45) is 1.52. The van der Waals surface area contributed by atoms with Crippen LogP contribution in [0.15, 0.2) is 59.7 Å². The SMILES string of the molecule is CN1C(=O)C2=C(CCCN(C(=O)Nc3ccccc3)C2c2ccc(Cl)c(Cl)c2)C1(C)C. The Balaban J connectivity index is 1.83. The number of halogens is 2. The maximum absolute atomic E-state index is 13.4. The van der Waals surface area contributed by atoms with Gasteiger partial charge in [0.05, 0.1) is 21.6 Å². The van der Waals surface area contributed by atoms with Gasteiger partial charge in [0.15, 0.2) is 0 Å². The predicted octanol–water partition coefficient (Wildman–Crippen LogP) is 5.91. The second-order valence-electron chi connectivity index (χ2n) is 8.48. The Morgan fingerprint density at radius 3 is 2.48 bits per heavy atom. The molecule has 2 heterocycles. The number of hydrogen-bond donors (Lipinski definition) is 1. The Kier molecular flexibility index (Phi) is 5.75. The van der Waals surface area contributed by atoms with E-state index in [2.05, 4.69) is 19.2 Å². The maximum Gasteiger partial charge on any atom is 0.322 e. The number of amides is 3. The molecule has 2 aromatic carbocycles. The molecule has 2 aromatic rings. The number of benzene rings is 2. The number of likely N-dealkylation sites (N-methyl/N-ethyl adjacent to an activating group) is 1. The molecule has 31 heavy (non-hydrogen) atoms. The largest absolute Gasteiger partial charge is 0.333 e. The van der Waals surface area contributed by atoms with Crippen LogP contribution in [0.3, 0.4) is 0 Å². The molecule has 0 radical (unpaired) electrons. The molecule has 0 spiro atoms. The number of carbonyl (C=O) groups is 2. The molecule has 4 rings (SSSR count). The normalized spacial score (nSPS) is 20.5. The zero-order valence-electron chi connectivity index (χ0n) is 17.8. The van der Waals surface area contributed by atoms with Crippen LogP contribution in [0.2, 0.25) is 10.0 Å². The van der Waals surface area contributed by atoms with Gasteiger partial charge >= 0.3 is 6.03 Å². The topological polar surface area (TPSA) is 52.7 Å². The van der Waals surface area contributed by atoms with Crippen LogP contribution in [-0.4, -0.2) is 40.9 Å². The molecular formula is C24H25Cl2N3O2. The first-order valence-electron chi connectivity index (χ1n) is 10.3. The number of nitrogens with one attached hydrogen (secondary N) is 1. The molecule has 1 atom stereocenters. The van der Waals surface area contributed by atoms with Crippen molar-refractivity contribution in [2.45, 2.75) is 38.3 Å². The number of nitrogens with zero attached hydrogens (tertiary/aromatic N) is 2. The molecule has 0 aliphatic carbocycles. The molecule has 5 nitrogen and oxygen atoms in total. The van der Waals surface area contributed by atoms with Crippen molar-refractivity contribution in [2.75, 3.05) is 18.9 Å². The van der Waals surface area contributed by atoms with E-state index in [1.165, 1.54) is 0 Å². The second-order valence-corrected chi connectivity index (χ2v) is 9.30. The van der Waals surface area contributed by atoms with Gasteiger partial charge < -0.3 is 15.1 Å². The molecule has 2 aliphatic rings. The minimum Gasteiger partial charge on any atom is -0.333 e. The van der Waals surface area contributed by atoms with Gasteiger partial charge in [-0.3, -0.25) is 4.79 Å². The van der Waals surface area contributed by atoms with E-state index in [1.54, 1.807) is 21.9 Å². The van der Waals surface area contributed by atoms with Gasteiger partial charge in [-0.25, -0.2) is 4.79 Å². The Labute approximate surface area is 192 Å². The number of para-hydroxylation sites is 1. The molecular weight excluding hydrogens is 433 g/mol. The maximum atomic E-state index is 13.4. The van der Waals surface area contributed by atoms with E-state index < -0.39 is 11.6 Å². The third-order valence-electron chi connectivity index (χ3n) is 6.39. The summed E-state index contributed by atoms with van der Waals surface area (Å²) in [5.41, 5.74) is 2.80. The summed E-state index contributed by atoms with van der Waals surface area (Å²) in [4.78, 5) is 30.3. The lowest BCUT2D eigenvalue weighted by Gasteiger charge is -2.33. The van der Waals surface area contributed by atoms with E-state index in [-0.39, 0.29) is 11.9 Å². The van der Waals surface area contributed by atoms with Crippen molar-refractivity contribution in [2.24, 2.45) is 0 Å². The lowest BCUT2D eigenvalue weighted by molar-refractivity contribution is -0.127. The van der Waals surface area contributed by atoms with E-state index >= 15 is 0 Å². The standard InChI is InChI=1S/C24H25Cl2N3O2/c1-24(2)17-10-7-13-29(23(31)27-16-8-5-4-6-9-16)21(20(17)22(30)28(24)3)15-11-12-18(25)19(26)14-15/h4-6,8-9,11-12,14,21H,7,10,13H2,1-3H3,(H,27,31). The molecule has 0 bridgehead atoms. The van der Waals surface area contributed by atoms with E-state index in [4.69, 9.17) is 23.2 Å². The molecule has 0 aromatic heterocycles. The number of anilines is 1. The van der Waals surface area contributed by atoms with Gasteiger partial charge in [0, 0.05) is 24.9 Å². The Bertz CT molecular complexity index is 1070. The first kappa shape index (κ1) is 21.7. The summed E-state index contributed by atoms with van der Waals surface area (Å²) in [5.74, 6) is -0.0597. The molecule has 1 unspecified atom stereocenters. The number of hydrogen-bond acceptors (Lipinski definition) is 2. The molecule has 0 saturated heterocycles. The summed E-state index contributed by atoms with van der Waals surface area (Å²) in [6.45, 7) is 4.63. The fourth-order valence-corrected chi connectivity index (χ4v) is 4.80. The van der Waals surface area contributed by atoms with Gasteiger partial charge in [0.1, 0.15) is 0 Å². The van der Waals surface area contributed by atoms with E-state index in [0.29, 0.717) is 27.9 Å². The van der Waals surface area contributed by atoms with E-state index in [9.17, 15) is 9.59 Å². The van der Waals surface area contributed by atoms with Crippen LogP contribution in [0, 0.1) is 0 Å². The number of urea groups is 1. The van der Waals surface area contributed by atoms with Crippen LogP contribution in [0.1, 0.15) is 38.3 Å². The lowest BCUT2D eigenvalue weighted by atomic mass is 9.87. The average molecular weight is 458 g/mol. The van der Waals surface area contributed by atoms with Gasteiger partial charge in [0.2, 0.25) is 0 Å². The van der Waals surface area contributed by atoms with Crippen LogP contribution >= 0.6 is 23.2 Å². The summed E-state index contributed by atoms with van der Waals surface area (Å²) in [6, 6.07) is 13.8. The van der Waals surface area contributed by atoms with Crippen LogP contribution in [-0.2, 0) is 4.79 Å². The second kappa shape index (κ2) is 8.21. The summed E-state index contributed by atoms with van der Waals surface area (Å²) in [5, 5.41) is 3.80. The van der Waals surface area contributed by atoms with Crippen molar-refractivity contribution in [3.8, 4) is 0 Å². The van der Waals surface area contributed by atoms with E-state index in [1.807, 2.05) is 43.4 Å². The molecule has 162 valence electrons. The van der Waals surface area contributed by atoms with Gasteiger partial charge in [-0.05, 0) is 62.1 Å². The lowest BCUT2D eigenvalue weighted by Crippen LogP contribution is -2.43. The molecule has 7 heteroatoms. The summed E-state index contributed by atoms with van der Waals surface area (Å²) in [7, 11) is 1.82. The number of rotatable bonds is 2. The Morgan fingerprint density at radius 1 is 1.10 bits per heavy atom. The zero-order chi connectivity index (χ0) is 22.3. The third kappa shape index (κ3) is 3.81. The van der Waals surface area contributed by atoms with Crippen molar-refractivity contribution < 1.29 is 9.59 Å². The first-order chi connectivity index (χ1) is 14.7. The molecule has 1 N–H and O–H groups in total. The number of carbonyl (C=O) groups excluding carboxylic acids is 2. The van der Waals surface area contributed by atoms with Gasteiger partial charge in [0.25, 0.3) is 5.91 Å². The highest BCUT2D eigenvalue weighted by atomic mass is 35.5. The van der Waals surface area contributed by atoms with Crippen LogP contribution in [0.4, 0.5) is 10.5 Å². The van der Waals surface area contributed by atoms with Crippen molar-refractivity contribution in [3.05, 3.63) is 75.3 Å². The smallest absolute Gasteiger partial charge is 0.322 e. The fraction of sp³-hybridized carbons (Fsp3) is 0.333. The zero-order valence-corrected chi connectivity index (χ0v) is 19.3. The van der Waals surface area contributed by atoms with Gasteiger partial charge in [-0.15, -0.1) is 0 Å². The highest BCUT2D eigenvalue weighted by Crippen LogP contribution is 2.46. The fourth-order valence-electron chi connectivity index (χ4n) is 4.49. The molecule has 2 aliphatic heterocycles. The molecule has 3 amide bonds. The highest BCUT2D eigenvalue weighted by Gasteiger charge is 2.48. The Morgan fingerprint density at radius 2 is 1.81 bits per heavy atom. The van der Waals surface area contributed by atoms with Crippen LogP contribution in [0.25, 0.3) is 0 Å². The van der Waals surface area contributed by atoms with Crippen LogP contribution in [0.5, 0.6) is 0 Å². The summed E-state index contributed by atoms with van der Waals surface area (Å²) < 4.78 is 0. The predicted molar refractivity (Wildman–Crippen MR) is 124 cm³/mol. The average Bonchev–Trinajstić information content (AvgIpc) is 2.89. The monoisotopic (exact) mass is 457 g/mol. The summed E-state index contributed by atoms with van der Waals surface area (Å²) >= 11 is 12.5. The molecule has 0 fully saturated rings. The highest BCUT2D eigenvalue weighted by molar-refractivity contribution is 6.42. The third-order valence-corrected chi connectivity index (χ3v) is 7.13. The van der Waals surface area contributed by atoms with Crippen molar-refractivity contribution >= 4 is 40.8 Å². The van der Waals surface area contributed by atoms with Gasteiger partial charge in [-0.1, -0.05) is 47.5 Å². The van der Waals surface area contributed by atoms with E-state index in [0.717, 1.165) is 24.0 Å². The quantitative estimate of drug-likeness (QED) is 0.609. The van der Waals surface area contributed by atoms with Crippen molar-refractivity contribution in [3.63, 3.8) is 0 Å². The minimum absolute atomic E-state index is 0.0597. The van der Waals surface area contributed by atoms with Crippen LogP contribution < -0.4 is 5.32 Å². The minimum atomic E-state index is -0.548. The Hall–Kier alpha value is -2.50.